The van der Waals surface area contributed by atoms with Crippen molar-refractivity contribution in [2.45, 2.75) is 17.8 Å². The van der Waals surface area contributed by atoms with E-state index in [1.165, 1.54) is 23.9 Å². The van der Waals surface area contributed by atoms with Crippen molar-refractivity contribution in [3.05, 3.63) is 47.6 Å². The summed E-state index contributed by atoms with van der Waals surface area (Å²) in [7, 11) is 0. The number of hydrogen-bond donors (Lipinski definition) is 0. The van der Waals surface area contributed by atoms with Crippen LogP contribution < -0.4 is 4.74 Å². The molecule has 0 aliphatic carbocycles. The van der Waals surface area contributed by atoms with Crippen LogP contribution in [0.2, 0.25) is 0 Å². The molecular weight excluding hydrogens is 396 g/mol. The van der Waals surface area contributed by atoms with Crippen LogP contribution in [0.25, 0.3) is 6.08 Å². The normalized spacial score (nSPS) is 19.0. The Morgan fingerprint density at radius 1 is 1.19 bits per heavy atom. The van der Waals surface area contributed by atoms with E-state index in [-0.39, 0.29) is 23.3 Å². The number of thioether (sulfide) groups is 1. The Morgan fingerprint density at radius 3 is 2.33 bits per heavy atom. The summed E-state index contributed by atoms with van der Waals surface area (Å²) in [6.07, 6.45) is -4.87. The highest BCUT2D eigenvalue weighted by molar-refractivity contribution is 7.99. The Balaban J connectivity index is 2.14. The average molecular weight is 411 g/mol. The maximum Gasteiger partial charge on any atom is 0.573 e. The largest absolute Gasteiger partial charge is 0.573 e. The highest BCUT2D eigenvalue weighted by Crippen LogP contribution is 2.28. The second-order valence-corrected chi connectivity index (χ2v) is 6.53. The first-order chi connectivity index (χ1) is 12.6. The zero-order valence-electron chi connectivity index (χ0n) is 14.0. The van der Waals surface area contributed by atoms with Gasteiger partial charge in [-0.2, -0.15) is 24.9 Å². The van der Waals surface area contributed by atoms with E-state index >= 15 is 0 Å². The number of alkyl halides is 6. The molecule has 148 valence electrons. The molecule has 27 heavy (non-hydrogen) atoms. The molecule has 1 aromatic carbocycles. The van der Waals surface area contributed by atoms with E-state index in [0.717, 1.165) is 30.4 Å². The van der Waals surface area contributed by atoms with Gasteiger partial charge in [-0.25, -0.2) is 0 Å². The summed E-state index contributed by atoms with van der Waals surface area (Å²) in [6.45, 7) is 0.633. The molecule has 1 heterocycles. The fraction of sp³-hybridized carbons (Fsp3) is 0.353. The molecule has 1 atom stereocenters. The number of aliphatic imine (C=N–C) groups is 1. The van der Waals surface area contributed by atoms with Crippen molar-refractivity contribution in [3.63, 3.8) is 0 Å². The van der Waals surface area contributed by atoms with Gasteiger partial charge in [0.15, 0.2) is 0 Å². The number of benzene rings is 1. The van der Waals surface area contributed by atoms with Crippen LogP contribution in [0.15, 0.2) is 47.0 Å². The first kappa shape index (κ1) is 21.2. The van der Waals surface area contributed by atoms with Gasteiger partial charge in [0, 0.05) is 6.08 Å². The molecule has 10 heteroatoms. The predicted molar refractivity (Wildman–Crippen MR) is 91.9 cm³/mol. The minimum atomic E-state index is -4.83. The van der Waals surface area contributed by atoms with Gasteiger partial charge in [0.1, 0.15) is 12.4 Å². The zero-order valence-corrected chi connectivity index (χ0v) is 14.8. The van der Waals surface area contributed by atoms with E-state index in [9.17, 15) is 26.3 Å². The van der Waals surface area contributed by atoms with Crippen LogP contribution in [0.1, 0.15) is 5.56 Å². The Bertz CT molecular complexity index is 722. The third-order valence-corrected chi connectivity index (χ3v) is 4.33. The van der Waals surface area contributed by atoms with Gasteiger partial charge in [0.05, 0.1) is 17.4 Å². The molecule has 0 amide bonds. The van der Waals surface area contributed by atoms with E-state index in [0.29, 0.717) is 6.54 Å². The summed E-state index contributed by atoms with van der Waals surface area (Å²) in [4.78, 5) is 3.98. The SMILES string of the molecule is CSC1CN=C(/C=C(/C=C/c2ccc(OC(F)(F)F)cc2)C(F)(F)F)OC1. The van der Waals surface area contributed by atoms with Crippen molar-refractivity contribution in [1.82, 2.24) is 0 Å². The van der Waals surface area contributed by atoms with Crippen molar-refractivity contribution in [1.29, 1.82) is 0 Å². The molecule has 1 unspecified atom stereocenters. The van der Waals surface area contributed by atoms with E-state index in [1.807, 2.05) is 6.26 Å². The third-order valence-electron chi connectivity index (χ3n) is 3.38. The van der Waals surface area contributed by atoms with Gasteiger partial charge < -0.3 is 9.47 Å². The van der Waals surface area contributed by atoms with Gasteiger partial charge in [-0.3, -0.25) is 4.99 Å². The monoisotopic (exact) mass is 411 g/mol. The maximum atomic E-state index is 13.2. The minimum absolute atomic E-state index is 0.101. The first-order valence-corrected chi connectivity index (χ1v) is 8.88. The number of halogens is 6. The van der Waals surface area contributed by atoms with Crippen molar-refractivity contribution >= 4 is 23.7 Å². The van der Waals surface area contributed by atoms with Gasteiger partial charge >= 0.3 is 12.5 Å². The molecular formula is C17H15F6NO2S. The molecule has 0 bridgehead atoms. The lowest BCUT2D eigenvalue weighted by Crippen LogP contribution is -2.25. The van der Waals surface area contributed by atoms with Crippen LogP contribution in [0.4, 0.5) is 26.3 Å². The molecule has 1 aliphatic heterocycles. The van der Waals surface area contributed by atoms with Gasteiger partial charge in [-0.05, 0) is 30.0 Å². The van der Waals surface area contributed by atoms with Gasteiger partial charge in [0.2, 0.25) is 5.90 Å². The van der Waals surface area contributed by atoms with Crippen LogP contribution in [-0.2, 0) is 4.74 Å². The van der Waals surface area contributed by atoms with Crippen LogP contribution in [0.3, 0.4) is 0 Å². The minimum Gasteiger partial charge on any atom is -0.477 e. The molecule has 2 rings (SSSR count). The molecule has 0 saturated heterocycles. The molecule has 0 aromatic heterocycles. The Kier molecular flexibility index (Phi) is 6.85. The van der Waals surface area contributed by atoms with Crippen molar-refractivity contribution in [3.8, 4) is 5.75 Å². The summed E-state index contributed by atoms with van der Waals surface area (Å²) >= 11 is 1.51. The molecule has 0 saturated carbocycles. The lowest BCUT2D eigenvalue weighted by Gasteiger charge is -2.19. The molecule has 0 radical (unpaired) electrons. The number of ether oxygens (including phenoxy) is 2. The summed E-state index contributed by atoms with van der Waals surface area (Å²) in [5.41, 5.74) is -0.715. The quantitative estimate of drug-likeness (QED) is 0.490. The van der Waals surface area contributed by atoms with Crippen molar-refractivity contribution in [2.75, 3.05) is 19.4 Å². The fourth-order valence-electron chi connectivity index (χ4n) is 2.02. The van der Waals surface area contributed by atoms with Gasteiger partial charge in [-0.15, -0.1) is 13.2 Å². The summed E-state index contributed by atoms with van der Waals surface area (Å²) < 4.78 is 84.8. The molecule has 3 nitrogen and oxygen atoms in total. The second-order valence-electron chi connectivity index (χ2n) is 5.40. The molecule has 1 aliphatic rings. The Hall–Kier alpha value is -2.10. The highest BCUT2D eigenvalue weighted by atomic mass is 32.2. The molecule has 0 spiro atoms. The van der Waals surface area contributed by atoms with Gasteiger partial charge in [0.25, 0.3) is 0 Å². The van der Waals surface area contributed by atoms with Crippen molar-refractivity contribution < 1.29 is 35.8 Å². The number of hydrogen-bond acceptors (Lipinski definition) is 4. The average Bonchev–Trinajstić information content (AvgIpc) is 2.58. The van der Waals surface area contributed by atoms with Crippen LogP contribution >= 0.6 is 11.8 Å². The fourth-order valence-corrected chi connectivity index (χ4v) is 2.45. The van der Waals surface area contributed by atoms with E-state index in [1.54, 1.807) is 0 Å². The van der Waals surface area contributed by atoms with Gasteiger partial charge in [-0.1, -0.05) is 18.2 Å². The second kappa shape index (κ2) is 8.73. The smallest absolute Gasteiger partial charge is 0.477 e. The molecule has 0 fully saturated rings. The van der Waals surface area contributed by atoms with Crippen LogP contribution in [0, 0.1) is 0 Å². The molecule has 1 aromatic rings. The predicted octanol–water partition coefficient (Wildman–Crippen LogP) is 5.25. The lowest BCUT2D eigenvalue weighted by molar-refractivity contribution is -0.274. The standard InChI is InChI=1S/C17H15F6NO2S/c1-27-14-9-24-15(25-10-14)8-12(16(18,19)20)5-2-11-3-6-13(7-4-11)26-17(21,22)23/h2-8,14H,9-10H2,1H3/b5-2+,12-8-. The maximum absolute atomic E-state index is 13.2. The van der Waals surface area contributed by atoms with E-state index in [2.05, 4.69) is 9.73 Å². The van der Waals surface area contributed by atoms with Crippen LogP contribution in [0.5, 0.6) is 5.75 Å². The number of nitrogens with zero attached hydrogens (tertiary/aromatic N) is 1. The number of allylic oxidation sites excluding steroid dienone is 2. The van der Waals surface area contributed by atoms with Crippen LogP contribution in [-0.4, -0.2) is 43.1 Å². The highest BCUT2D eigenvalue weighted by Gasteiger charge is 2.33. The summed E-state index contributed by atoms with van der Waals surface area (Å²) in [5.74, 6) is -0.564. The third kappa shape index (κ3) is 7.20. The topological polar surface area (TPSA) is 30.8 Å². The van der Waals surface area contributed by atoms with E-state index < -0.39 is 23.9 Å². The zero-order chi connectivity index (χ0) is 20.1. The summed E-state index contributed by atoms with van der Waals surface area (Å²) in [5, 5.41) is 0.101. The lowest BCUT2D eigenvalue weighted by atomic mass is 10.1. The first-order valence-electron chi connectivity index (χ1n) is 7.59. The number of rotatable bonds is 5. The Morgan fingerprint density at radius 2 is 1.85 bits per heavy atom. The molecule has 0 N–H and O–H groups in total. The van der Waals surface area contributed by atoms with E-state index in [4.69, 9.17) is 4.74 Å². The van der Waals surface area contributed by atoms with Crippen molar-refractivity contribution in [2.24, 2.45) is 4.99 Å². The Labute approximate surface area is 155 Å². The summed E-state index contributed by atoms with van der Waals surface area (Å²) in [6, 6.07) is 4.45.